The third kappa shape index (κ3) is 3.48. The molecule has 1 fully saturated rings. The zero-order valence-electron chi connectivity index (χ0n) is 12.0. The summed E-state index contributed by atoms with van der Waals surface area (Å²) in [4.78, 5) is 24.5. The van der Waals surface area contributed by atoms with Crippen LogP contribution in [0.1, 0.15) is 28.1 Å². The first-order chi connectivity index (χ1) is 10.5. The van der Waals surface area contributed by atoms with Gasteiger partial charge in [0.05, 0.1) is 9.88 Å². The second kappa shape index (κ2) is 6.10. The van der Waals surface area contributed by atoms with E-state index < -0.39 is 0 Å². The van der Waals surface area contributed by atoms with Gasteiger partial charge < -0.3 is 10.6 Å². The molecule has 0 saturated heterocycles. The molecule has 1 aliphatic carbocycles. The van der Waals surface area contributed by atoms with Crippen molar-refractivity contribution in [3.8, 4) is 0 Å². The zero-order valence-corrected chi connectivity index (χ0v) is 13.6. The van der Waals surface area contributed by atoms with Gasteiger partial charge in [-0.2, -0.15) is 0 Å². The predicted molar refractivity (Wildman–Crippen MR) is 89.8 cm³/mol. The Bertz CT molecular complexity index is 737. The molecule has 0 bridgehead atoms. The summed E-state index contributed by atoms with van der Waals surface area (Å²) in [5, 5.41) is 7.04. The number of hydrogen-bond donors (Lipinski definition) is 2. The predicted octanol–water partition coefficient (Wildman–Crippen LogP) is 4.31. The molecule has 2 aromatic rings. The van der Waals surface area contributed by atoms with Crippen LogP contribution < -0.4 is 10.6 Å². The quantitative estimate of drug-likeness (QED) is 0.875. The Balaban J connectivity index is 1.67. The van der Waals surface area contributed by atoms with Crippen molar-refractivity contribution in [3.63, 3.8) is 0 Å². The number of nitrogens with one attached hydrogen (secondary N) is 2. The third-order valence-electron chi connectivity index (χ3n) is 3.46. The van der Waals surface area contributed by atoms with E-state index in [1.165, 1.54) is 11.3 Å². The van der Waals surface area contributed by atoms with Gasteiger partial charge in [-0.1, -0.05) is 11.6 Å². The van der Waals surface area contributed by atoms with Gasteiger partial charge >= 0.3 is 0 Å². The van der Waals surface area contributed by atoms with Gasteiger partial charge in [-0.05, 0) is 55.7 Å². The molecule has 0 radical (unpaired) electrons. The number of halogens is 1. The van der Waals surface area contributed by atoms with Gasteiger partial charge in [0, 0.05) is 16.6 Å². The highest BCUT2D eigenvalue weighted by atomic mass is 35.5. The molecule has 0 atom stereocenters. The minimum absolute atomic E-state index is 0.0438. The van der Waals surface area contributed by atoms with Crippen molar-refractivity contribution < 1.29 is 9.59 Å². The third-order valence-corrected chi connectivity index (χ3v) is 4.70. The van der Waals surface area contributed by atoms with Crippen LogP contribution in [0.5, 0.6) is 0 Å². The maximum Gasteiger partial charge on any atom is 0.265 e. The number of hydrogen-bond acceptors (Lipinski definition) is 3. The molecular formula is C16H15ClN2O2S. The summed E-state index contributed by atoms with van der Waals surface area (Å²) in [6, 6.07) is 8.79. The van der Waals surface area contributed by atoms with Crippen LogP contribution in [0.25, 0.3) is 0 Å². The average molecular weight is 335 g/mol. The van der Waals surface area contributed by atoms with Gasteiger partial charge in [-0.25, -0.2) is 0 Å². The van der Waals surface area contributed by atoms with Crippen molar-refractivity contribution in [3.05, 3.63) is 45.8 Å². The fourth-order valence-corrected chi connectivity index (χ4v) is 3.08. The van der Waals surface area contributed by atoms with Gasteiger partial charge in [0.25, 0.3) is 5.91 Å². The summed E-state index contributed by atoms with van der Waals surface area (Å²) in [7, 11) is 0. The Morgan fingerprint density at radius 2 is 1.95 bits per heavy atom. The SMILES string of the molecule is Cc1cc(Cl)ccc1NC(=O)c1ccc(NC(=O)C2CC2)s1. The maximum absolute atomic E-state index is 12.3. The molecule has 2 amide bonds. The van der Waals surface area contributed by atoms with Gasteiger partial charge in [0.1, 0.15) is 0 Å². The van der Waals surface area contributed by atoms with E-state index in [2.05, 4.69) is 10.6 Å². The van der Waals surface area contributed by atoms with E-state index in [-0.39, 0.29) is 17.7 Å². The van der Waals surface area contributed by atoms with Crippen LogP contribution in [0.3, 0.4) is 0 Å². The molecule has 22 heavy (non-hydrogen) atoms. The van der Waals surface area contributed by atoms with Crippen molar-refractivity contribution in [2.75, 3.05) is 10.6 Å². The maximum atomic E-state index is 12.3. The Labute approximate surface area is 137 Å². The van der Waals surface area contributed by atoms with E-state index in [1.54, 1.807) is 30.3 Å². The molecule has 114 valence electrons. The first kappa shape index (κ1) is 15.1. The van der Waals surface area contributed by atoms with Crippen LogP contribution in [0.2, 0.25) is 5.02 Å². The lowest BCUT2D eigenvalue weighted by Crippen LogP contribution is -2.12. The minimum atomic E-state index is -0.192. The molecule has 2 N–H and O–H groups in total. The Morgan fingerprint density at radius 3 is 2.64 bits per heavy atom. The molecule has 4 nitrogen and oxygen atoms in total. The van der Waals surface area contributed by atoms with Crippen molar-refractivity contribution >= 4 is 45.4 Å². The fraction of sp³-hybridized carbons (Fsp3) is 0.250. The Hall–Kier alpha value is -1.85. The molecule has 1 aliphatic rings. The molecular weight excluding hydrogens is 320 g/mol. The normalized spacial score (nSPS) is 13.7. The van der Waals surface area contributed by atoms with Gasteiger partial charge in [0.15, 0.2) is 0 Å². The standard InChI is InChI=1S/C16H15ClN2O2S/c1-9-8-11(17)4-5-12(9)18-16(21)13-6-7-14(22-13)19-15(20)10-2-3-10/h4-8,10H,2-3H2,1H3,(H,18,21)(H,19,20). The minimum Gasteiger partial charge on any atom is -0.321 e. The summed E-state index contributed by atoms with van der Waals surface area (Å²) in [6.45, 7) is 1.89. The number of benzene rings is 1. The number of rotatable bonds is 4. The van der Waals surface area contributed by atoms with Gasteiger partial charge in [-0.3, -0.25) is 9.59 Å². The number of thiophene rings is 1. The summed E-state index contributed by atoms with van der Waals surface area (Å²) in [5.74, 6) is 0.000732. The van der Waals surface area contributed by atoms with E-state index in [0.717, 1.165) is 24.1 Å². The highest BCUT2D eigenvalue weighted by Crippen LogP contribution is 2.32. The van der Waals surface area contributed by atoms with Crippen LogP contribution >= 0.6 is 22.9 Å². The van der Waals surface area contributed by atoms with Gasteiger partial charge in [-0.15, -0.1) is 11.3 Å². The molecule has 0 spiro atoms. The number of carbonyl (C=O) groups is 2. The molecule has 0 aliphatic heterocycles. The molecule has 3 rings (SSSR count). The number of amides is 2. The first-order valence-corrected chi connectivity index (χ1v) is 8.20. The summed E-state index contributed by atoms with van der Waals surface area (Å²) in [6.07, 6.45) is 1.92. The monoisotopic (exact) mass is 334 g/mol. The lowest BCUT2D eigenvalue weighted by molar-refractivity contribution is -0.117. The molecule has 1 aromatic carbocycles. The average Bonchev–Trinajstić information content (AvgIpc) is 3.22. The second-order valence-electron chi connectivity index (χ2n) is 5.34. The summed E-state index contributed by atoms with van der Waals surface area (Å²) < 4.78 is 0. The van der Waals surface area contributed by atoms with E-state index in [9.17, 15) is 9.59 Å². The first-order valence-electron chi connectivity index (χ1n) is 7.01. The smallest absolute Gasteiger partial charge is 0.265 e. The van der Waals surface area contributed by atoms with E-state index >= 15 is 0 Å². The summed E-state index contributed by atoms with van der Waals surface area (Å²) in [5.41, 5.74) is 1.63. The summed E-state index contributed by atoms with van der Waals surface area (Å²) >= 11 is 7.17. The second-order valence-corrected chi connectivity index (χ2v) is 6.86. The number of aryl methyl sites for hydroxylation is 1. The highest BCUT2D eigenvalue weighted by Gasteiger charge is 2.29. The van der Waals surface area contributed by atoms with Crippen LogP contribution in [0, 0.1) is 12.8 Å². The molecule has 1 heterocycles. The van der Waals surface area contributed by atoms with Crippen molar-refractivity contribution in [1.29, 1.82) is 0 Å². The Morgan fingerprint density at radius 1 is 1.18 bits per heavy atom. The lowest BCUT2D eigenvalue weighted by Gasteiger charge is -2.07. The molecule has 1 saturated carbocycles. The van der Waals surface area contributed by atoms with Crippen molar-refractivity contribution in [1.82, 2.24) is 0 Å². The van der Waals surface area contributed by atoms with E-state index in [4.69, 9.17) is 11.6 Å². The molecule has 0 unspecified atom stereocenters. The Kier molecular flexibility index (Phi) is 4.18. The largest absolute Gasteiger partial charge is 0.321 e. The van der Waals surface area contributed by atoms with E-state index in [0.29, 0.717) is 14.9 Å². The van der Waals surface area contributed by atoms with Crippen LogP contribution in [0.15, 0.2) is 30.3 Å². The number of carbonyl (C=O) groups excluding carboxylic acids is 2. The topological polar surface area (TPSA) is 58.2 Å². The van der Waals surface area contributed by atoms with Crippen LogP contribution in [0.4, 0.5) is 10.7 Å². The zero-order chi connectivity index (χ0) is 15.7. The van der Waals surface area contributed by atoms with Gasteiger partial charge in [0.2, 0.25) is 5.91 Å². The number of anilines is 2. The molecule has 1 aromatic heterocycles. The highest BCUT2D eigenvalue weighted by molar-refractivity contribution is 7.18. The van der Waals surface area contributed by atoms with E-state index in [1.807, 2.05) is 6.92 Å². The molecule has 6 heteroatoms. The van der Waals surface area contributed by atoms with Crippen molar-refractivity contribution in [2.24, 2.45) is 5.92 Å². The lowest BCUT2D eigenvalue weighted by atomic mass is 10.2. The van der Waals surface area contributed by atoms with Crippen LogP contribution in [-0.2, 0) is 4.79 Å². The van der Waals surface area contributed by atoms with Crippen LogP contribution in [-0.4, -0.2) is 11.8 Å². The fourth-order valence-electron chi connectivity index (χ4n) is 2.05. The van der Waals surface area contributed by atoms with Crippen molar-refractivity contribution in [2.45, 2.75) is 19.8 Å².